The molecule has 1 fully saturated rings. The highest BCUT2D eigenvalue weighted by atomic mass is 35.5. The number of rotatable bonds is 3. The smallest absolute Gasteiger partial charge is 0.147 e. The minimum atomic E-state index is -0.234. The summed E-state index contributed by atoms with van der Waals surface area (Å²) in [6, 6.07) is 12.7. The van der Waals surface area contributed by atoms with E-state index in [2.05, 4.69) is 11.0 Å². The zero-order valence-electron chi connectivity index (χ0n) is 13.5. The van der Waals surface area contributed by atoms with Gasteiger partial charge in [0.1, 0.15) is 5.82 Å². The molecule has 1 saturated heterocycles. The van der Waals surface area contributed by atoms with Gasteiger partial charge in [0.05, 0.1) is 17.3 Å². The van der Waals surface area contributed by atoms with E-state index in [9.17, 15) is 9.65 Å². The predicted molar refractivity (Wildman–Crippen MR) is 97.5 cm³/mol. The van der Waals surface area contributed by atoms with E-state index in [1.54, 1.807) is 30.3 Å². The van der Waals surface area contributed by atoms with Crippen LogP contribution in [0.5, 0.6) is 0 Å². The van der Waals surface area contributed by atoms with Crippen LogP contribution in [0.25, 0.3) is 11.6 Å². The van der Waals surface area contributed by atoms with Crippen molar-refractivity contribution < 1.29 is 4.39 Å². The lowest BCUT2D eigenvalue weighted by Gasteiger charge is -2.19. The number of hydrogen-bond acceptors (Lipinski definition) is 2. The molecule has 0 atom stereocenters. The maximum Gasteiger partial charge on any atom is 0.147 e. The molecule has 122 valence electrons. The van der Waals surface area contributed by atoms with E-state index in [0.717, 1.165) is 42.6 Å². The molecule has 0 aliphatic carbocycles. The summed E-state index contributed by atoms with van der Waals surface area (Å²) in [6.45, 7) is 3.75. The Kier molecular flexibility index (Phi) is 4.87. The van der Waals surface area contributed by atoms with Crippen molar-refractivity contribution in [3.63, 3.8) is 0 Å². The van der Waals surface area contributed by atoms with Gasteiger partial charge in [0.25, 0.3) is 0 Å². The fourth-order valence-electron chi connectivity index (χ4n) is 3.00. The summed E-state index contributed by atoms with van der Waals surface area (Å²) in [5.74, 6) is -0.234. The van der Waals surface area contributed by atoms with Crippen molar-refractivity contribution in [1.29, 1.82) is 5.26 Å². The average Bonchev–Trinajstić information content (AvgIpc) is 3.10. The Morgan fingerprint density at radius 2 is 1.88 bits per heavy atom. The van der Waals surface area contributed by atoms with Crippen molar-refractivity contribution in [2.24, 2.45) is 0 Å². The Bertz CT molecular complexity index is 813. The first-order valence-corrected chi connectivity index (χ1v) is 8.39. The molecule has 0 bridgehead atoms. The van der Waals surface area contributed by atoms with E-state index in [-0.39, 0.29) is 5.82 Å². The standard InChI is InChI=1S/C20H18ClFN2/c1-14-10-20(24-8-2-3-9-24)19(22)12-16(14)11-17(13-23)15-4-6-18(21)7-5-15/h4-7,10-12H,2-3,8-9H2,1H3. The third-order valence-corrected chi connectivity index (χ3v) is 4.61. The average molecular weight is 341 g/mol. The number of halogens is 2. The first-order valence-electron chi connectivity index (χ1n) is 8.01. The minimum absolute atomic E-state index is 0.234. The molecule has 0 saturated carbocycles. The molecule has 0 radical (unpaired) electrons. The van der Waals surface area contributed by atoms with Gasteiger partial charge in [-0.3, -0.25) is 0 Å². The minimum Gasteiger partial charge on any atom is -0.369 e. The molecule has 2 nitrogen and oxygen atoms in total. The molecule has 4 heteroatoms. The van der Waals surface area contributed by atoms with E-state index in [1.807, 2.05) is 13.0 Å². The number of hydrogen-bond donors (Lipinski definition) is 0. The topological polar surface area (TPSA) is 27.0 Å². The summed E-state index contributed by atoms with van der Waals surface area (Å²) in [5, 5.41) is 10.1. The lowest BCUT2D eigenvalue weighted by atomic mass is 10.0. The molecule has 3 rings (SSSR count). The summed E-state index contributed by atoms with van der Waals surface area (Å²) >= 11 is 5.89. The largest absolute Gasteiger partial charge is 0.369 e. The molecule has 2 aromatic rings. The SMILES string of the molecule is Cc1cc(N2CCCC2)c(F)cc1C=C(C#N)c1ccc(Cl)cc1. The van der Waals surface area contributed by atoms with Crippen LogP contribution in [0.2, 0.25) is 5.02 Å². The molecule has 0 spiro atoms. The first kappa shape index (κ1) is 16.5. The molecule has 1 heterocycles. The fourth-order valence-corrected chi connectivity index (χ4v) is 3.13. The van der Waals surface area contributed by atoms with Gasteiger partial charge < -0.3 is 4.90 Å². The Hall–Kier alpha value is -2.31. The van der Waals surface area contributed by atoms with Crippen molar-refractivity contribution in [3.05, 3.63) is 63.9 Å². The molecular formula is C20H18ClFN2. The van der Waals surface area contributed by atoms with Crippen LogP contribution in [0.15, 0.2) is 36.4 Å². The van der Waals surface area contributed by atoms with E-state index in [1.165, 1.54) is 6.07 Å². The molecule has 0 amide bonds. The van der Waals surface area contributed by atoms with Crippen molar-refractivity contribution in [2.45, 2.75) is 19.8 Å². The van der Waals surface area contributed by atoms with Gasteiger partial charge in [-0.15, -0.1) is 0 Å². The Labute approximate surface area is 146 Å². The Morgan fingerprint density at radius 1 is 1.21 bits per heavy atom. The van der Waals surface area contributed by atoms with Gasteiger partial charge in [0.2, 0.25) is 0 Å². The van der Waals surface area contributed by atoms with Crippen LogP contribution >= 0.6 is 11.6 Å². The highest BCUT2D eigenvalue weighted by molar-refractivity contribution is 6.30. The van der Waals surface area contributed by atoms with Gasteiger partial charge in [-0.1, -0.05) is 23.7 Å². The first-order chi connectivity index (χ1) is 11.6. The second-order valence-electron chi connectivity index (χ2n) is 6.03. The van der Waals surface area contributed by atoms with Crippen LogP contribution in [0.4, 0.5) is 10.1 Å². The maximum atomic E-state index is 14.5. The maximum absolute atomic E-state index is 14.5. The third kappa shape index (κ3) is 3.44. The molecule has 1 aliphatic rings. The van der Waals surface area contributed by atoms with Gasteiger partial charge in [0, 0.05) is 18.1 Å². The molecular weight excluding hydrogens is 323 g/mol. The van der Waals surface area contributed by atoms with Crippen molar-refractivity contribution in [1.82, 2.24) is 0 Å². The van der Waals surface area contributed by atoms with Gasteiger partial charge in [-0.2, -0.15) is 5.26 Å². The summed E-state index contributed by atoms with van der Waals surface area (Å²) in [6.07, 6.45) is 3.94. The zero-order valence-corrected chi connectivity index (χ0v) is 14.3. The van der Waals surface area contributed by atoms with Crippen LogP contribution in [0, 0.1) is 24.1 Å². The highest BCUT2D eigenvalue weighted by Crippen LogP contribution is 2.29. The quantitative estimate of drug-likeness (QED) is 0.548. The van der Waals surface area contributed by atoms with Crippen LogP contribution in [0.1, 0.15) is 29.5 Å². The second kappa shape index (κ2) is 7.07. The van der Waals surface area contributed by atoms with Crippen molar-refractivity contribution in [2.75, 3.05) is 18.0 Å². The Morgan fingerprint density at radius 3 is 2.50 bits per heavy atom. The number of benzene rings is 2. The van der Waals surface area contributed by atoms with Gasteiger partial charge in [-0.05, 0) is 66.8 Å². The van der Waals surface area contributed by atoms with Crippen molar-refractivity contribution >= 4 is 28.9 Å². The highest BCUT2D eigenvalue weighted by Gasteiger charge is 2.17. The van der Waals surface area contributed by atoms with E-state index < -0.39 is 0 Å². The Balaban J connectivity index is 1.97. The normalized spacial score (nSPS) is 14.8. The third-order valence-electron chi connectivity index (χ3n) is 4.36. The summed E-state index contributed by atoms with van der Waals surface area (Å²) in [4.78, 5) is 2.08. The summed E-state index contributed by atoms with van der Waals surface area (Å²) in [7, 11) is 0. The van der Waals surface area contributed by atoms with Crippen LogP contribution in [-0.2, 0) is 0 Å². The lowest BCUT2D eigenvalue weighted by Crippen LogP contribution is -2.19. The number of nitriles is 1. The number of anilines is 1. The number of allylic oxidation sites excluding steroid dienone is 1. The van der Waals surface area contributed by atoms with E-state index in [0.29, 0.717) is 16.3 Å². The van der Waals surface area contributed by atoms with Crippen LogP contribution < -0.4 is 4.90 Å². The summed E-state index contributed by atoms with van der Waals surface area (Å²) < 4.78 is 14.5. The van der Waals surface area contributed by atoms with Gasteiger partial charge in [0.15, 0.2) is 0 Å². The van der Waals surface area contributed by atoms with Crippen LogP contribution in [-0.4, -0.2) is 13.1 Å². The predicted octanol–water partition coefficient (Wildman–Crippen LogP) is 5.45. The molecule has 2 aromatic carbocycles. The van der Waals surface area contributed by atoms with Gasteiger partial charge in [-0.25, -0.2) is 4.39 Å². The molecule has 24 heavy (non-hydrogen) atoms. The zero-order chi connectivity index (χ0) is 17.1. The number of aryl methyl sites for hydroxylation is 1. The van der Waals surface area contributed by atoms with E-state index in [4.69, 9.17) is 11.6 Å². The van der Waals surface area contributed by atoms with Crippen molar-refractivity contribution in [3.8, 4) is 6.07 Å². The second-order valence-corrected chi connectivity index (χ2v) is 6.47. The summed E-state index contributed by atoms with van der Waals surface area (Å²) in [5.41, 5.74) is 3.60. The molecule has 0 aromatic heterocycles. The van der Waals surface area contributed by atoms with Gasteiger partial charge >= 0.3 is 0 Å². The fraction of sp³-hybridized carbons (Fsp3) is 0.250. The lowest BCUT2D eigenvalue weighted by molar-refractivity contribution is 0.622. The number of nitrogens with zero attached hydrogens (tertiary/aromatic N) is 2. The molecule has 1 aliphatic heterocycles. The molecule has 0 unspecified atom stereocenters. The monoisotopic (exact) mass is 340 g/mol. The van der Waals surface area contributed by atoms with E-state index >= 15 is 0 Å². The molecule has 0 N–H and O–H groups in total. The van der Waals surface area contributed by atoms with Crippen LogP contribution in [0.3, 0.4) is 0 Å².